The topological polar surface area (TPSA) is 69.4 Å². The lowest BCUT2D eigenvalue weighted by Crippen LogP contribution is -2.08. The van der Waals surface area contributed by atoms with Crippen molar-refractivity contribution in [2.24, 2.45) is 0 Å². The lowest BCUT2D eigenvalue weighted by Gasteiger charge is -2.10. The number of ether oxygens (including phenoxy) is 1. The van der Waals surface area contributed by atoms with Crippen LogP contribution in [0.2, 0.25) is 5.02 Å². The standard InChI is InChI=1S/C11H12ClNO4S/c1-7(5-11(14)17-2)18-10-6-8(12)3-4-9(10)13(15)16/h3-4,6-7H,5H2,1-2H3. The first-order valence-corrected chi connectivity index (χ1v) is 6.37. The zero-order valence-electron chi connectivity index (χ0n) is 9.88. The van der Waals surface area contributed by atoms with Crippen LogP contribution < -0.4 is 0 Å². The molecule has 0 aliphatic rings. The summed E-state index contributed by atoms with van der Waals surface area (Å²) in [4.78, 5) is 21.9. The molecular formula is C11H12ClNO4S. The molecule has 0 saturated heterocycles. The Hall–Kier alpha value is -1.27. The summed E-state index contributed by atoms with van der Waals surface area (Å²) in [7, 11) is 1.31. The predicted octanol–water partition coefficient (Wildman–Crippen LogP) is 3.29. The zero-order valence-corrected chi connectivity index (χ0v) is 11.5. The number of hydrogen-bond acceptors (Lipinski definition) is 5. The first-order valence-electron chi connectivity index (χ1n) is 5.11. The van der Waals surface area contributed by atoms with E-state index in [9.17, 15) is 14.9 Å². The average molecular weight is 290 g/mol. The zero-order chi connectivity index (χ0) is 13.7. The van der Waals surface area contributed by atoms with E-state index in [1.165, 1.54) is 37.1 Å². The van der Waals surface area contributed by atoms with E-state index >= 15 is 0 Å². The summed E-state index contributed by atoms with van der Waals surface area (Å²) in [5.74, 6) is -0.348. The van der Waals surface area contributed by atoms with E-state index in [0.717, 1.165) is 0 Å². The van der Waals surface area contributed by atoms with Crippen LogP contribution >= 0.6 is 23.4 Å². The normalized spacial score (nSPS) is 11.9. The van der Waals surface area contributed by atoms with Crippen LogP contribution in [0.1, 0.15) is 13.3 Å². The van der Waals surface area contributed by atoms with Crippen molar-refractivity contribution in [3.05, 3.63) is 33.3 Å². The smallest absolute Gasteiger partial charge is 0.306 e. The van der Waals surface area contributed by atoms with Crippen LogP contribution in [0.5, 0.6) is 0 Å². The maximum atomic E-state index is 11.1. The minimum atomic E-state index is -0.469. The monoisotopic (exact) mass is 289 g/mol. The fourth-order valence-electron chi connectivity index (χ4n) is 1.31. The number of nitro groups is 1. The van der Waals surface area contributed by atoms with Gasteiger partial charge in [-0.25, -0.2) is 0 Å². The van der Waals surface area contributed by atoms with Crippen LogP contribution in [0.25, 0.3) is 0 Å². The highest BCUT2D eigenvalue weighted by molar-refractivity contribution is 8.00. The maximum Gasteiger partial charge on any atom is 0.306 e. The Morgan fingerprint density at radius 3 is 2.83 bits per heavy atom. The molecule has 1 rings (SSSR count). The second kappa shape index (κ2) is 6.61. The molecule has 0 aliphatic carbocycles. The van der Waals surface area contributed by atoms with Gasteiger partial charge in [-0.05, 0) is 12.1 Å². The molecule has 18 heavy (non-hydrogen) atoms. The molecule has 0 aromatic heterocycles. The molecule has 0 heterocycles. The van der Waals surface area contributed by atoms with Gasteiger partial charge in [0.1, 0.15) is 0 Å². The third-order valence-corrected chi connectivity index (χ3v) is 3.51. The summed E-state index contributed by atoms with van der Waals surface area (Å²) >= 11 is 7.04. The van der Waals surface area contributed by atoms with Crippen LogP contribution in [0.15, 0.2) is 23.1 Å². The van der Waals surface area contributed by atoms with Gasteiger partial charge in [-0.2, -0.15) is 0 Å². The molecule has 0 fully saturated rings. The molecule has 0 aliphatic heterocycles. The molecule has 1 aromatic rings. The number of halogens is 1. The van der Waals surface area contributed by atoms with Crippen molar-refractivity contribution >= 4 is 35.0 Å². The van der Waals surface area contributed by atoms with E-state index in [4.69, 9.17) is 11.6 Å². The average Bonchev–Trinajstić information content (AvgIpc) is 2.28. The molecule has 0 bridgehead atoms. The van der Waals surface area contributed by atoms with Gasteiger partial charge in [0, 0.05) is 16.3 Å². The van der Waals surface area contributed by atoms with Gasteiger partial charge in [0.25, 0.3) is 5.69 Å². The van der Waals surface area contributed by atoms with Crippen LogP contribution in [0.4, 0.5) is 5.69 Å². The van der Waals surface area contributed by atoms with Gasteiger partial charge in [-0.15, -0.1) is 11.8 Å². The number of nitrogens with zero attached hydrogens (tertiary/aromatic N) is 1. The Balaban J connectivity index is 2.85. The summed E-state index contributed by atoms with van der Waals surface area (Å²) < 4.78 is 4.55. The number of hydrogen-bond donors (Lipinski definition) is 0. The number of methoxy groups -OCH3 is 1. The first-order chi connectivity index (χ1) is 8.43. The second-order valence-corrected chi connectivity index (χ2v) is 5.49. The Labute approximate surface area is 114 Å². The third kappa shape index (κ3) is 4.19. The second-order valence-electron chi connectivity index (χ2n) is 3.58. The number of thioether (sulfide) groups is 1. The number of nitro benzene ring substituents is 1. The lowest BCUT2D eigenvalue weighted by molar-refractivity contribution is -0.387. The molecule has 0 N–H and O–H groups in total. The van der Waals surface area contributed by atoms with Crippen molar-refractivity contribution in [3.8, 4) is 0 Å². The summed E-state index contributed by atoms with van der Waals surface area (Å²) in [5, 5.41) is 11.1. The Kier molecular flexibility index (Phi) is 5.43. The number of carbonyl (C=O) groups excluding carboxylic acids is 1. The predicted molar refractivity (Wildman–Crippen MR) is 70.1 cm³/mol. The van der Waals surface area contributed by atoms with Crippen LogP contribution in [-0.2, 0) is 9.53 Å². The summed E-state index contributed by atoms with van der Waals surface area (Å²) in [6.45, 7) is 1.80. The summed E-state index contributed by atoms with van der Waals surface area (Å²) in [5.41, 5.74) is -0.0129. The minimum Gasteiger partial charge on any atom is -0.469 e. The first kappa shape index (κ1) is 14.8. The highest BCUT2D eigenvalue weighted by Crippen LogP contribution is 2.35. The van der Waals surface area contributed by atoms with Gasteiger partial charge >= 0.3 is 5.97 Å². The van der Waals surface area contributed by atoms with Gasteiger partial charge < -0.3 is 4.74 Å². The number of esters is 1. The van der Waals surface area contributed by atoms with E-state index in [1.807, 2.05) is 0 Å². The van der Waals surface area contributed by atoms with Crippen molar-refractivity contribution in [2.45, 2.75) is 23.5 Å². The molecule has 1 atom stereocenters. The van der Waals surface area contributed by atoms with Crippen LogP contribution in [0.3, 0.4) is 0 Å². The Bertz CT molecular complexity index is 466. The maximum absolute atomic E-state index is 11.1. The molecule has 1 unspecified atom stereocenters. The van der Waals surface area contributed by atoms with Crippen molar-refractivity contribution in [3.63, 3.8) is 0 Å². The van der Waals surface area contributed by atoms with Crippen molar-refractivity contribution < 1.29 is 14.5 Å². The van der Waals surface area contributed by atoms with E-state index in [2.05, 4.69) is 4.74 Å². The summed E-state index contributed by atoms with van der Waals surface area (Å²) in [6.07, 6.45) is 0.185. The molecule has 5 nitrogen and oxygen atoms in total. The van der Waals surface area contributed by atoms with Crippen LogP contribution in [0, 0.1) is 10.1 Å². The molecule has 0 amide bonds. The minimum absolute atomic E-state index is 0.0129. The lowest BCUT2D eigenvalue weighted by atomic mass is 10.3. The van der Waals surface area contributed by atoms with Gasteiger partial charge in [0.05, 0.1) is 23.3 Å². The van der Waals surface area contributed by atoms with Crippen LogP contribution in [-0.4, -0.2) is 23.3 Å². The molecule has 1 aromatic carbocycles. The summed E-state index contributed by atoms with van der Waals surface area (Å²) in [6, 6.07) is 4.35. The molecule has 7 heteroatoms. The molecular weight excluding hydrogens is 278 g/mol. The van der Waals surface area contributed by atoms with E-state index < -0.39 is 4.92 Å². The van der Waals surface area contributed by atoms with E-state index in [0.29, 0.717) is 9.92 Å². The highest BCUT2D eigenvalue weighted by Gasteiger charge is 2.18. The van der Waals surface area contributed by atoms with Gasteiger partial charge in [0.2, 0.25) is 0 Å². The number of carbonyl (C=O) groups is 1. The Morgan fingerprint density at radius 1 is 1.61 bits per heavy atom. The van der Waals surface area contributed by atoms with Gasteiger partial charge in [-0.1, -0.05) is 18.5 Å². The van der Waals surface area contributed by atoms with E-state index in [1.54, 1.807) is 6.92 Å². The fraction of sp³-hybridized carbons (Fsp3) is 0.364. The molecule has 0 saturated carbocycles. The fourth-order valence-corrected chi connectivity index (χ4v) is 2.66. The molecule has 98 valence electrons. The van der Waals surface area contributed by atoms with E-state index in [-0.39, 0.29) is 23.3 Å². The third-order valence-electron chi connectivity index (χ3n) is 2.13. The number of rotatable bonds is 5. The van der Waals surface area contributed by atoms with Gasteiger partial charge in [-0.3, -0.25) is 14.9 Å². The van der Waals surface area contributed by atoms with Crippen molar-refractivity contribution in [1.29, 1.82) is 0 Å². The Morgan fingerprint density at radius 2 is 2.28 bits per heavy atom. The number of benzene rings is 1. The van der Waals surface area contributed by atoms with Crippen molar-refractivity contribution in [1.82, 2.24) is 0 Å². The van der Waals surface area contributed by atoms with Crippen molar-refractivity contribution in [2.75, 3.05) is 7.11 Å². The van der Waals surface area contributed by atoms with Gasteiger partial charge in [0.15, 0.2) is 0 Å². The quantitative estimate of drug-likeness (QED) is 0.360. The molecule has 0 spiro atoms. The molecule has 0 radical (unpaired) electrons. The SMILES string of the molecule is COC(=O)CC(C)Sc1cc(Cl)ccc1[N+](=O)[O-]. The largest absolute Gasteiger partial charge is 0.469 e. The highest BCUT2D eigenvalue weighted by atomic mass is 35.5.